The van der Waals surface area contributed by atoms with Crippen molar-refractivity contribution in [2.75, 3.05) is 14.7 Å². The Balaban J connectivity index is 1.23. The summed E-state index contributed by atoms with van der Waals surface area (Å²) in [4.78, 5) is 7.45. The molecule has 0 spiro atoms. The lowest BCUT2D eigenvalue weighted by molar-refractivity contribution is 0.651. The van der Waals surface area contributed by atoms with Crippen molar-refractivity contribution in [3.63, 3.8) is 0 Å². The topological polar surface area (TPSA) is 22.9 Å². The summed E-state index contributed by atoms with van der Waals surface area (Å²) < 4.78 is 7.38. The third-order valence-electron chi connectivity index (χ3n) is 13.6. The van der Waals surface area contributed by atoms with Crippen molar-refractivity contribution < 1.29 is 4.42 Å². The quantitative estimate of drug-likeness (QED) is 0.143. The van der Waals surface area contributed by atoms with Crippen LogP contribution in [-0.4, -0.2) is 6.71 Å². The zero-order valence-electron chi connectivity index (χ0n) is 36.2. The molecule has 7 aromatic carbocycles. The van der Waals surface area contributed by atoms with Crippen LogP contribution >= 0.6 is 0 Å². The average molecular weight is 804 g/mol. The molecule has 1 atom stereocenters. The summed E-state index contributed by atoms with van der Waals surface area (Å²) in [5, 5.41) is 1.18. The van der Waals surface area contributed by atoms with Crippen LogP contribution in [0.4, 0.5) is 51.2 Å². The molecular formula is C57H50BN3O. The van der Waals surface area contributed by atoms with Gasteiger partial charge in [0.1, 0.15) is 5.58 Å². The molecule has 3 heterocycles. The molecule has 0 saturated heterocycles. The second kappa shape index (κ2) is 15.2. The number of benzene rings is 7. The van der Waals surface area contributed by atoms with Crippen molar-refractivity contribution in [3.8, 4) is 0 Å². The maximum absolute atomic E-state index is 7.38. The highest BCUT2D eigenvalue weighted by Gasteiger charge is 2.47. The van der Waals surface area contributed by atoms with Crippen LogP contribution in [0.25, 0.3) is 16.5 Å². The van der Waals surface area contributed by atoms with E-state index in [0.29, 0.717) is 5.92 Å². The van der Waals surface area contributed by atoms with E-state index in [1.807, 2.05) is 0 Å². The molecule has 1 aromatic heterocycles. The maximum atomic E-state index is 7.38. The van der Waals surface area contributed by atoms with Gasteiger partial charge >= 0.3 is 0 Å². The minimum atomic E-state index is -0.156. The van der Waals surface area contributed by atoms with Crippen LogP contribution in [0.5, 0.6) is 0 Å². The zero-order chi connectivity index (χ0) is 42.1. The first-order chi connectivity index (χ1) is 30.4. The van der Waals surface area contributed by atoms with Crippen LogP contribution in [0.2, 0.25) is 0 Å². The molecule has 0 N–H and O–H groups in total. The number of nitrogens with zero attached hydrogens (tertiary/aromatic N) is 3. The standard InChI is InChI=1S/C57H50BN3O/c1-6-37(2)44-26-16-18-29-48(44)60(47-28-17-14-21-39(47)4)43-33-34-46-51(36-43)59(41-22-9-7-10-23-41)49-30-19-31-50-55(49)58(46)57-56(61(50)42-24-11-8-12-25-42)54-52(62-57)35-32-40(5)53(54)45-27-15-13-20-38(45)3/h7-12,14-19,21-37H,6,13,20H2,1-5H3. The molecule has 1 aliphatic carbocycles. The van der Waals surface area contributed by atoms with Gasteiger partial charge in [-0.15, -0.1) is 0 Å². The summed E-state index contributed by atoms with van der Waals surface area (Å²) in [6.45, 7) is 11.3. The molecule has 8 aromatic rings. The predicted octanol–water partition coefficient (Wildman–Crippen LogP) is 14.2. The van der Waals surface area contributed by atoms with E-state index < -0.39 is 0 Å². The molecule has 3 aliphatic rings. The maximum Gasteiger partial charge on any atom is 0.297 e. The van der Waals surface area contributed by atoms with Crippen LogP contribution in [0.1, 0.15) is 68.2 Å². The highest BCUT2D eigenvalue weighted by molar-refractivity contribution is 7.00. The number of rotatable bonds is 8. The molecule has 0 amide bonds. The van der Waals surface area contributed by atoms with Crippen LogP contribution in [0, 0.1) is 13.8 Å². The number of furan rings is 1. The van der Waals surface area contributed by atoms with Crippen LogP contribution < -0.4 is 31.3 Å². The Morgan fingerprint density at radius 2 is 1.34 bits per heavy atom. The number of hydrogen-bond donors (Lipinski definition) is 0. The Kier molecular flexibility index (Phi) is 9.30. The van der Waals surface area contributed by atoms with Crippen LogP contribution in [-0.2, 0) is 0 Å². The van der Waals surface area contributed by atoms with Crippen molar-refractivity contribution >= 4 is 91.0 Å². The first-order valence-corrected chi connectivity index (χ1v) is 22.3. The number of fused-ring (bicyclic) bond motifs is 6. The van der Waals surface area contributed by atoms with Gasteiger partial charge in [0.05, 0.1) is 16.7 Å². The Labute approximate surface area is 366 Å². The molecule has 0 fully saturated rings. The SMILES string of the molecule is CCC(C)c1ccccc1N(c1ccc2c(c1)N(c1ccccc1)c1cccc3c1B2c1oc2ccc(C)c(C4=C(C)CCC=C4)c2c1N3c1ccccc1)c1ccccc1C. The zero-order valence-corrected chi connectivity index (χ0v) is 36.2. The lowest BCUT2D eigenvalue weighted by atomic mass is 9.35. The first kappa shape index (κ1) is 38.0. The summed E-state index contributed by atoms with van der Waals surface area (Å²) in [5.41, 5.74) is 22.5. The van der Waals surface area contributed by atoms with Crippen molar-refractivity contribution in [1.82, 2.24) is 0 Å². The lowest BCUT2D eigenvalue weighted by Gasteiger charge is -2.43. The van der Waals surface area contributed by atoms with Gasteiger partial charge in [0.2, 0.25) is 0 Å². The highest BCUT2D eigenvalue weighted by Crippen LogP contribution is 2.50. The number of allylic oxidation sites excluding steroid dienone is 4. The largest absolute Gasteiger partial charge is 0.468 e. The Bertz CT molecular complexity index is 3090. The monoisotopic (exact) mass is 803 g/mol. The number of aryl methyl sites for hydroxylation is 2. The van der Waals surface area contributed by atoms with Crippen molar-refractivity contribution in [2.45, 2.75) is 59.8 Å². The fourth-order valence-electron chi connectivity index (χ4n) is 10.4. The predicted molar refractivity (Wildman–Crippen MR) is 264 cm³/mol. The Morgan fingerprint density at radius 3 is 2.06 bits per heavy atom. The molecule has 0 saturated carbocycles. The van der Waals surface area contributed by atoms with E-state index in [1.165, 1.54) is 66.8 Å². The number of para-hydroxylation sites is 4. The fourth-order valence-corrected chi connectivity index (χ4v) is 10.4. The van der Waals surface area contributed by atoms with Gasteiger partial charge in [-0.05, 0) is 151 Å². The van der Waals surface area contributed by atoms with Crippen LogP contribution in [0.15, 0.2) is 180 Å². The minimum absolute atomic E-state index is 0.156. The van der Waals surface area contributed by atoms with E-state index in [0.717, 1.165) is 64.6 Å². The van der Waals surface area contributed by atoms with Gasteiger partial charge in [0.25, 0.3) is 6.71 Å². The second-order valence-corrected chi connectivity index (χ2v) is 17.3. The summed E-state index contributed by atoms with van der Waals surface area (Å²) in [6.07, 6.45) is 7.86. The lowest BCUT2D eigenvalue weighted by Crippen LogP contribution is -2.61. The van der Waals surface area contributed by atoms with E-state index >= 15 is 0 Å². The van der Waals surface area contributed by atoms with E-state index in [1.54, 1.807) is 0 Å². The highest BCUT2D eigenvalue weighted by atomic mass is 16.3. The molecule has 0 bridgehead atoms. The molecule has 1 unspecified atom stereocenters. The number of hydrogen-bond acceptors (Lipinski definition) is 4. The molecule has 62 heavy (non-hydrogen) atoms. The van der Waals surface area contributed by atoms with E-state index in [4.69, 9.17) is 4.42 Å². The molecule has 4 nitrogen and oxygen atoms in total. The molecule has 5 heteroatoms. The summed E-state index contributed by atoms with van der Waals surface area (Å²) in [6, 6.07) is 58.0. The van der Waals surface area contributed by atoms with E-state index in [-0.39, 0.29) is 6.71 Å². The molecule has 11 rings (SSSR count). The first-order valence-electron chi connectivity index (χ1n) is 22.3. The van der Waals surface area contributed by atoms with Gasteiger partial charge in [-0.2, -0.15) is 0 Å². The molecule has 2 aliphatic heterocycles. The van der Waals surface area contributed by atoms with Crippen molar-refractivity contribution in [3.05, 3.63) is 198 Å². The second-order valence-electron chi connectivity index (χ2n) is 17.3. The summed E-state index contributed by atoms with van der Waals surface area (Å²) in [7, 11) is 0. The van der Waals surface area contributed by atoms with Crippen LogP contribution in [0.3, 0.4) is 0 Å². The van der Waals surface area contributed by atoms with Gasteiger partial charge in [-0.3, -0.25) is 0 Å². The summed E-state index contributed by atoms with van der Waals surface area (Å²) in [5.74, 6) is 0.389. The van der Waals surface area contributed by atoms with Gasteiger partial charge in [-0.25, -0.2) is 0 Å². The van der Waals surface area contributed by atoms with Gasteiger partial charge in [0, 0.05) is 45.5 Å². The summed E-state index contributed by atoms with van der Waals surface area (Å²) >= 11 is 0. The number of anilines is 9. The third-order valence-corrected chi connectivity index (χ3v) is 13.6. The molecule has 302 valence electrons. The normalized spacial score (nSPS) is 14.5. The van der Waals surface area contributed by atoms with Gasteiger partial charge in [0.15, 0.2) is 0 Å². The van der Waals surface area contributed by atoms with Gasteiger partial charge < -0.3 is 19.1 Å². The van der Waals surface area contributed by atoms with Crippen molar-refractivity contribution in [2.24, 2.45) is 0 Å². The third kappa shape index (κ3) is 5.90. The molecule has 0 radical (unpaired) electrons. The Morgan fingerprint density at radius 1 is 0.661 bits per heavy atom. The van der Waals surface area contributed by atoms with Gasteiger partial charge in [-0.1, -0.05) is 123 Å². The Hall–Kier alpha value is -6.98. The smallest absolute Gasteiger partial charge is 0.297 e. The van der Waals surface area contributed by atoms with Crippen molar-refractivity contribution in [1.29, 1.82) is 0 Å². The average Bonchev–Trinajstić information content (AvgIpc) is 3.69. The van der Waals surface area contributed by atoms with E-state index in [9.17, 15) is 0 Å². The molecular weight excluding hydrogens is 753 g/mol. The fraction of sp³-hybridized carbons (Fsp3) is 0.158. The van der Waals surface area contributed by atoms with E-state index in [2.05, 4.69) is 219 Å². The minimum Gasteiger partial charge on any atom is -0.468 e.